The molecule has 0 aliphatic rings. The Kier molecular flexibility index (Phi) is 4.62. The molecule has 1 aromatic heterocycles. The number of alkyl halides is 3. The van der Waals surface area contributed by atoms with Crippen LogP contribution in [-0.2, 0) is 6.18 Å². The van der Waals surface area contributed by atoms with E-state index >= 15 is 0 Å². The van der Waals surface area contributed by atoms with Crippen molar-refractivity contribution in [1.82, 2.24) is 9.97 Å². The molecule has 3 nitrogen and oxygen atoms in total. The predicted molar refractivity (Wildman–Crippen MR) is 60.0 cm³/mol. The highest BCUT2D eigenvalue weighted by molar-refractivity contribution is 7.99. The van der Waals surface area contributed by atoms with Gasteiger partial charge in [-0.2, -0.15) is 13.2 Å². The Bertz CT molecular complexity index is 428. The van der Waals surface area contributed by atoms with Crippen LogP contribution in [-0.4, -0.2) is 15.7 Å². The van der Waals surface area contributed by atoms with Gasteiger partial charge in [-0.15, -0.1) is 0 Å². The first-order chi connectivity index (χ1) is 7.79. The maximum Gasteiger partial charge on any atom is 0.433 e. The fourth-order valence-electron chi connectivity index (χ4n) is 1.04. The van der Waals surface area contributed by atoms with Crippen LogP contribution in [0.3, 0.4) is 0 Å². The van der Waals surface area contributed by atoms with Crippen molar-refractivity contribution < 1.29 is 13.2 Å². The molecule has 17 heavy (non-hydrogen) atoms. The molecule has 0 saturated carbocycles. The predicted octanol–water partition coefficient (Wildman–Crippen LogP) is 2.93. The molecule has 7 heteroatoms. The molecule has 0 saturated heterocycles. The van der Waals surface area contributed by atoms with Crippen LogP contribution in [0.1, 0.15) is 26.0 Å². The van der Waals surface area contributed by atoms with E-state index in [-0.39, 0.29) is 5.16 Å². The molecule has 1 N–H and O–H groups in total. The second-order valence-electron chi connectivity index (χ2n) is 3.96. The lowest BCUT2D eigenvalue weighted by atomic mass is 10.2. The molecular formula is C10H13F3N2OS. The van der Waals surface area contributed by atoms with Crippen molar-refractivity contribution in [1.29, 1.82) is 0 Å². The van der Waals surface area contributed by atoms with Gasteiger partial charge >= 0.3 is 6.18 Å². The van der Waals surface area contributed by atoms with Gasteiger partial charge in [0, 0.05) is 11.8 Å². The Hall–Kier alpha value is -0.980. The van der Waals surface area contributed by atoms with E-state index in [1.54, 1.807) is 0 Å². The molecule has 0 aromatic carbocycles. The van der Waals surface area contributed by atoms with Crippen molar-refractivity contribution in [2.24, 2.45) is 5.92 Å². The highest BCUT2D eigenvalue weighted by Gasteiger charge is 2.33. The van der Waals surface area contributed by atoms with Crippen molar-refractivity contribution in [3.63, 3.8) is 0 Å². The smallest absolute Gasteiger partial charge is 0.301 e. The van der Waals surface area contributed by atoms with Crippen molar-refractivity contribution in [3.05, 3.63) is 22.1 Å². The van der Waals surface area contributed by atoms with Crippen LogP contribution in [0.5, 0.6) is 0 Å². The third kappa shape index (κ3) is 4.80. The average molecular weight is 266 g/mol. The number of nitrogens with one attached hydrogen (secondary N) is 1. The maximum atomic E-state index is 12.4. The quantitative estimate of drug-likeness (QED) is 0.673. The van der Waals surface area contributed by atoms with Gasteiger partial charge in [0.05, 0.1) is 0 Å². The van der Waals surface area contributed by atoms with Crippen LogP contribution in [0.2, 0.25) is 0 Å². The fourth-order valence-corrected chi connectivity index (χ4v) is 2.16. The topological polar surface area (TPSA) is 45.8 Å². The summed E-state index contributed by atoms with van der Waals surface area (Å²) in [5, 5.41) is 0.0190. The molecule has 1 rings (SSSR count). The minimum atomic E-state index is -4.58. The summed E-state index contributed by atoms with van der Waals surface area (Å²) in [6.45, 7) is 4.03. The number of H-pyrrole nitrogens is 1. The summed E-state index contributed by atoms with van der Waals surface area (Å²) in [5.74, 6) is 1.09. The standard InChI is InChI=1S/C10H13F3N2OS/c1-6(2)3-4-17-9-14-7(10(11,12)13)5-8(16)15-9/h5-6H,3-4H2,1-2H3,(H,14,15,16). The number of rotatable bonds is 4. The third-order valence-electron chi connectivity index (χ3n) is 1.94. The van der Waals surface area contributed by atoms with Crippen molar-refractivity contribution >= 4 is 11.8 Å². The molecule has 1 heterocycles. The van der Waals surface area contributed by atoms with Gasteiger partial charge in [-0.3, -0.25) is 4.79 Å². The van der Waals surface area contributed by atoms with Gasteiger partial charge in [0.25, 0.3) is 5.56 Å². The second-order valence-corrected chi connectivity index (χ2v) is 5.05. The van der Waals surface area contributed by atoms with Crippen LogP contribution < -0.4 is 5.56 Å². The van der Waals surface area contributed by atoms with E-state index in [4.69, 9.17) is 0 Å². The highest BCUT2D eigenvalue weighted by atomic mass is 32.2. The minimum absolute atomic E-state index is 0.0190. The van der Waals surface area contributed by atoms with E-state index in [9.17, 15) is 18.0 Å². The minimum Gasteiger partial charge on any atom is -0.301 e. The van der Waals surface area contributed by atoms with Crippen LogP contribution in [0.15, 0.2) is 16.0 Å². The zero-order chi connectivity index (χ0) is 13.1. The van der Waals surface area contributed by atoms with Gasteiger partial charge in [-0.05, 0) is 12.3 Å². The van der Waals surface area contributed by atoms with Crippen molar-refractivity contribution in [2.75, 3.05) is 5.75 Å². The third-order valence-corrected chi connectivity index (χ3v) is 2.85. The first-order valence-corrected chi connectivity index (χ1v) is 6.09. The first kappa shape index (κ1) is 14.1. The monoisotopic (exact) mass is 266 g/mol. The van der Waals surface area contributed by atoms with E-state index in [1.165, 1.54) is 0 Å². The molecule has 1 aromatic rings. The Balaban J connectivity index is 2.80. The summed E-state index contributed by atoms with van der Waals surface area (Å²) in [5.41, 5.74) is -1.92. The van der Waals surface area contributed by atoms with E-state index in [0.29, 0.717) is 17.7 Å². The van der Waals surface area contributed by atoms with Crippen molar-refractivity contribution in [3.8, 4) is 0 Å². The molecule has 0 amide bonds. The zero-order valence-electron chi connectivity index (χ0n) is 9.47. The summed E-state index contributed by atoms with van der Waals surface area (Å²) in [4.78, 5) is 16.7. The molecule has 0 bridgehead atoms. The van der Waals surface area contributed by atoms with Gasteiger partial charge in [-0.25, -0.2) is 4.98 Å². The van der Waals surface area contributed by atoms with Gasteiger partial charge in [0.15, 0.2) is 10.9 Å². The molecule has 0 aliphatic heterocycles. The number of hydrogen-bond donors (Lipinski definition) is 1. The van der Waals surface area contributed by atoms with E-state index in [2.05, 4.69) is 9.97 Å². The van der Waals surface area contributed by atoms with Crippen LogP contribution in [0, 0.1) is 5.92 Å². The average Bonchev–Trinajstić information content (AvgIpc) is 2.14. The Morgan fingerprint density at radius 1 is 1.47 bits per heavy atom. The number of hydrogen-bond acceptors (Lipinski definition) is 3. The summed E-state index contributed by atoms with van der Waals surface area (Å²) in [7, 11) is 0. The zero-order valence-corrected chi connectivity index (χ0v) is 10.3. The molecule has 0 spiro atoms. The van der Waals surface area contributed by atoms with E-state index in [1.807, 2.05) is 13.8 Å². The van der Waals surface area contributed by atoms with E-state index in [0.717, 1.165) is 18.2 Å². The Labute approximate surface area is 101 Å². The van der Waals surface area contributed by atoms with Gasteiger partial charge in [0.2, 0.25) is 0 Å². The molecule has 0 radical (unpaired) electrons. The SMILES string of the molecule is CC(C)CCSc1nc(C(F)(F)F)cc(=O)[nH]1. The van der Waals surface area contributed by atoms with Gasteiger partial charge < -0.3 is 4.98 Å². The number of nitrogens with zero attached hydrogens (tertiary/aromatic N) is 1. The molecular weight excluding hydrogens is 253 g/mol. The lowest BCUT2D eigenvalue weighted by Crippen LogP contribution is -2.16. The molecule has 96 valence electrons. The Morgan fingerprint density at radius 3 is 2.65 bits per heavy atom. The molecule has 0 atom stereocenters. The molecule has 0 unspecified atom stereocenters. The number of halogens is 3. The number of aromatic amines is 1. The highest BCUT2D eigenvalue weighted by Crippen LogP contribution is 2.27. The van der Waals surface area contributed by atoms with Crippen LogP contribution in [0.25, 0.3) is 0 Å². The van der Waals surface area contributed by atoms with E-state index < -0.39 is 17.4 Å². The second kappa shape index (κ2) is 5.57. The van der Waals surface area contributed by atoms with Gasteiger partial charge in [-0.1, -0.05) is 25.6 Å². The number of aromatic nitrogens is 2. The summed E-state index contributed by atoms with van der Waals surface area (Å²) in [6, 6.07) is 0.465. The van der Waals surface area contributed by atoms with Crippen LogP contribution in [0.4, 0.5) is 13.2 Å². The molecule has 0 fully saturated rings. The Morgan fingerprint density at radius 2 is 2.12 bits per heavy atom. The summed E-state index contributed by atoms with van der Waals surface area (Å²) in [6.07, 6.45) is -3.73. The van der Waals surface area contributed by atoms with Gasteiger partial charge in [0.1, 0.15) is 0 Å². The normalized spacial score (nSPS) is 12.1. The van der Waals surface area contributed by atoms with Crippen molar-refractivity contribution in [2.45, 2.75) is 31.6 Å². The van der Waals surface area contributed by atoms with Crippen LogP contribution >= 0.6 is 11.8 Å². The maximum absolute atomic E-state index is 12.4. The summed E-state index contributed by atoms with van der Waals surface area (Å²) >= 11 is 1.13. The lowest BCUT2D eigenvalue weighted by Gasteiger charge is -2.07. The summed E-state index contributed by atoms with van der Waals surface area (Å²) < 4.78 is 37.1. The first-order valence-electron chi connectivity index (χ1n) is 5.10. The lowest BCUT2D eigenvalue weighted by molar-refractivity contribution is -0.141. The molecule has 0 aliphatic carbocycles. The largest absolute Gasteiger partial charge is 0.433 e. The fraction of sp³-hybridized carbons (Fsp3) is 0.600. The number of thioether (sulfide) groups is 1.